The number of aromatic nitrogens is 2. The van der Waals surface area contributed by atoms with Crippen LogP contribution in [0.1, 0.15) is 11.8 Å². The van der Waals surface area contributed by atoms with Crippen LogP contribution in [0.25, 0.3) is 0 Å². The van der Waals surface area contributed by atoms with E-state index in [-0.39, 0.29) is 11.9 Å². The summed E-state index contributed by atoms with van der Waals surface area (Å²) >= 11 is 0. The lowest BCUT2D eigenvalue weighted by molar-refractivity contribution is -0.0347. The van der Waals surface area contributed by atoms with Crippen LogP contribution in [0.5, 0.6) is 5.75 Å². The van der Waals surface area contributed by atoms with Gasteiger partial charge in [-0.05, 0) is 24.3 Å². The van der Waals surface area contributed by atoms with Gasteiger partial charge in [-0.1, -0.05) is 0 Å². The molecule has 1 atom stereocenters. The SMILES string of the molecule is CNc1nccnc1C1CN(CCOc2ccc(F)cc2)CCO1. The highest BCUT2D eigenvalue weighted by Crippen LogP contribution is 2.24. The van der Waals surface area contributed by atoms with E-state index in [1.165, 1.54) is 12.1 Å². The molecule has 2 heterocycles. The van der Waals surface area contributed by atoms with Gasteiger partial charge in [-0.25, -0.2) is 9.37 Å². The zero-order valence-corrected chi connectivity index (χ0v) is 13.6. The van der Waals surface area contributed by atoms with Gasteiger partial charge in [-0.2, -0.15) is 0 Å². The summed E-state index contributed by atoms with van der Waals surface area (Å²) in [6.07, 6.45) is 3.23. The molecule has 1 aromatic heterocycles. The van der Waals surface area contributed by atoms with Crippen LogP contribution in [-0.4, -0.2) is 54.8 Å². The fraction of sp³-hybridized carbons (Fsp3) is 0.412. The molecule has 0 bridgehead atoms. The fourth-order valence-electron chi connectivity index (χ4n) is 2.67. The van der Waals surface area contributed by atoms with Gasteiger partial charge >= 0.3 is 0 Å². The van der Waals surface area contributed by atoms with E-state index in [2.05, 4.69) is 20.2 Å². The Bertz CT molecular complexity index is 653. The lowest BCUT2D eigenvalue weighted by atomic mass is 10.2. The molecule has 6 nitrogen and oxygen atoms in total. The van der Waals surface area contributed by atoms with Crippen LogP contribution in [0.4, 0.5) is 10.2 Å². The largest absolute Gasteiger partial charge is 0.492 e. The Hall–Kier alpha value is -2.25. The molecule has 24 heavy (non-hydrogen) atoms. The van der Waals surface area contributed by atoms with Gasteiger partial charge in [0.15, 0.2) is 0 Å². The topological polar surface area (TPSA) is 59.5 Å². The highest BCUT2D eigenvalue weighted by molar-refractivity contribution is 5.40. The Balaban J connectivity index is 1.53. The molecule has 3 rings (SSSR count). The van der Waals surface area contributed by atoms with Crippen LogP contribution in [0.3, 0.4) is 0 Å². The monoisotopic (exact) mass is 332 g/mol. The molecule has 7 heteroatoms. The molecular formula is C17H21FN4O2. The highest BCUT2D eigenvalue weighted by Gasteiger charge is 2.25. The molecule has 1 saturated heterocycles. The molecule has 1 aliphatic heterocycles. The Morgan fingerprint density at radius 1 is 1.29 bits per heavy atom. The summed E-state index contributed by atoms with van der Waals surface area (Å²) in [6, 6.07) is 6.06. The molecule has 1 fully saturated rings. The second-order valence-corrected chi connectivity index (χ2v) is 5.50. The summed E-state index contributed by atoms with van der Waals surface area (Å²) in [6.45, 7) is 3.53. The standard InChI is InChI=1S/C17H21FN4O2/c1-19-17-16(20-6-7-21-17)15-12-22(9-11-24-15)8-10-23-14-4-2-13(18)3-5-14/h2-7,15H,8-12H2,1H3,(H,19,21). The van der Waals surface area contributed by atoms with E-state index < -0.39 is 0 Å². The number of nitrogens with one attached hydrogen (secondary N) is 1. The number of anilines is 1. The molecule has 128 valence electrons. The summed E-state index contributed by atoms with van der Waals surface area (Å²) in [5.41, 5.74) is 0.823. The van der Waals surface area contributed by atoms with Crippen molar-refractivity contribution in [2.75, 3.05) is 45.2 Å². The van der Waals surface area contributed by atoms with Crippen molar-refractivity contribution >= 4 is 5.82 Å². The quantitative estimate of drug-likeness (QED) is 0.874. The van der Waals surface area contributed by atoms with Crippen molar-refractivity contribution in [3.8, 4) is 5.75 Å². The maximum atomic E-state index is 12.9. The summed E-state index contributed by atoms with van der Waals surface area (Å²) < 4.78 is 24.4. The van der Waals surface area contributed by atoms with E-state index in [0.29, 0.717) is 19.0 Å². The first-order valence-electron chi connectivity index (χ1n) is 7.97. The average molecular weight is 332 g/mol. The third-order valence-electron chi connectivity index (χ3n) is 3.91. The van der Waals surface area contributed by atoms with Crippen LogP contribution in [0.15, 0.2) is 36.7 Å². The molecule has 0 aliphatic carbocycles. The Morgan fingerprint density at radius 3 is 2.88 bits per heavy atom. The van der Waals surface area contributed by atoms with Gasteiger partial charge in [0.2, 0.25) is 0 Å². The zero-order chi connectivity index (χ0) is 16.8. The van der Waals surface area contributed by atoms with Crippen molar-refractivity contribution in [2.45, 2.75) is 6.10 Å². The van der Waals surface area contributed by atoms with E-state index in [1.54, 1.807) is 24.5 Å². The number of morpholine rings is 1. The molecule has 0 amide bonds. The first-order valence-corrected chi connectivity index (χ1v) is 7.97. The molecule has 0 saturated carbocycles. The number of nitrogens with zero attached hydrogens (tertiary/aromatic N) is 3. The Labute approximate surface area is 140 Å². The number of halogens is 1. The molecule has 1 aromatic carbocycles. The zero-order valence-electron chi connectivity index (χ0n) is 13.6. The van der Waals surface area contributed by atoms with Crippen molar-refractivity contribution in [1.29, 1.82) is 0 Å². The van der Waals surface area contributed by atoms with Gasteiger partial charge in [0.1, 0.15) is 35.8 Å². The van der Waals surface area contributed by atoms with Gasteiger partial charge in [0.05, 0.1) is 6.61 Å². The average Bonchev–Trinajstić information content (AvgIpc) is 2.63. The summed E-state index contributed by atoms with van der Waals surface area (Å²) in [4.78, 5) is 10.9. The van der Waals surface area contributed by atoms with Crippen LogP contribution in [0.2, 0.25) is 0 Å². The van der Waals surface area contributed by atoms with Crippen molar-refractivity contribution in [1.82, 2.24) is 14.9 Å². The van der Waals surface area contributed by atoms with E-state index >= 15 is 0 Å². The number of benzene rings is 1. The van der Waals surface area contributed by atoms with Gasteiger partial charge in [-0.3, -0.25) is 9.88 Å². The van der Waals surface area contributed by atoms with Gasteiger partial charge in [0, 0.05) is 39.1 Å². The molecule has 0 radical (unpaired) electrons. The van der Waals surface area contributed by atoms with Gasteiger partial charge in [0.25, 0.3) is 0 Å². The Morgan fingerprint density at radius 2 is 2.08 bits per heavy atom. The summed E-state index contributed by atoms with van der Waals surface area (Å²) in [5.74, 6) is 1.15. The van der Waals surface area contributed by atoms with E-state index in [0.717, 1.165) is 31.1 Å². The fourth-order valence-corrected chi connectivity index (χ4v) is 2.67. The van der Waals surface area contributed by atoms with Crippen molar-refractivity contribution in [2.24, 2.45) is 0 Å². The smallest absolute Gasteiger partial charge is 0.150 e. The van der Waals surface area contributed by atoms with Crippen LogP contribution >= 0.6 is 0 Å². The number of rotatable bonds is 6. The summed E-state index contributed by atoms with van der Waals surface area (Å²) in [5, 5.41) is 3.05. The van der Waals surface area contributed by atoms with Crippen LogP contribution in [-0.2, 0) is 4.74 Å². The third kappa shape index (κ3) is 4.18. The summed E-state index contributed by atoms with van der Waals surface area (Å²) in [7, 11) is 1.82. The molecule has 1 unspecified atom stereocenters. The molecule has 1 N–H and O–H groups in total. The minimum Gasteiger partial charge on any atom is -0.492 e. The first kappa shape index (κ1) is 16.6. The molecule has 0 spiro atoms. The second-order valence-electron chi connectivity index (χ2n) is 5.50. The maximum Gasteiger partial charge on any atom is 0.150 e. The predicted molar refractivity (Wildman–Crippen MR) is 88.6 cm³/mol. The second kappa shape index (κ2) is 8.03. The minimum atomic E-state index is -0.261. The molecule has 2 aromatic rings. The van der Waals surface area contributed by atoms with Crippen molar-refractivity contribution in [3.63, 3.8) is 0 Å². The Kier molecular flexibility index (Phi) is 5.55. The van der Waals surface area contributed by atoms with Gasteiger partial charge in [-0.15, -0.1) is 0 Å². The van der Waals surface area contributed by atoms with Crippen molar-refractivity contribution in [3.05, 3.63) is 48.2 Å². The van der Waals surface area contributed by atoms with Crippen molar-refractivity contribution < 1.29 is 13.9 Å². The lowest BCUT2D eigenvalue weighted by Crippen LogP contribution is -2.40. The number of hydrogen-bond donors (Lipinski definition) is 1. The normalized spacial score (nSPS) is 18.3. The third-order valence-corrected chi connectivity index (χ3v) is 3.91. The first-order chi connectivity index (χ1) is 11.8. The maximum absolute atomic E-state index is 12.9. The van der Waals surface area contributed by atoms with E-state index in [4.69, 9.17) is 9.47 Å². The highest BCUT2D eigenvalue weighted by atomic mass is 19.1. The van der Waals surface area contributed by atoms with E-state index in [9.17, 15) is 4.39 Å². The molecular weight excluding hydrogens is 311 g/mol. The number of ether oxygens (including phenoxy) is 2. The molecule has 1 aliphatic rings. The minimum absolute atomic E-state index is 0.110. The number of hydrogen-bond acceptors (Lipinski definition) is 6. The predicted octanol–water partition coefficient (Wildman–Crippen LogP) is 2.11. The van der Waals surface area contributed by atoms with E-state index in [1.807, 2.05) is 7.05 Å². The van der Waals surface area contributed by atoms with Crippen LogP contribution in [0, 0.1) is 5.82 Å². The van der Waals surface area contributed by atoms with Crippen LogP contribution < -0.4 is 10.1 Å². The lowest BCUT2D eigenvalue weighted by Gasteiger charge is -2.32. The van der Waals surface area contributed by atoms with Gasteiger partial charge < -0.3 is 14.8 Å².